The zero-order valence-corrected chi connectivity index (χ0v) is 24.2. The molecule has 2 heterocycles. The minimum absolute atomic E-state index is 0.135. The van der Waals surface area contributed by atoms with Gasteiger partial charge < -0.3 is 19.9 Å². The van der Waals surface area contributed by atoms with E-state index in [0.717, 1.165) is 56.5 Å². The number of carbonyl (C=O) groups excluding carboxylic acids is 1. The molecule has 7 heteroatoms. The van der Waals surface area contributed by atoms with Gasteiger partial charge in [-0.25, -0.2) is 4.98 Å². The number of anilines is 1. The molecule has 0 bridgehead atoms. The molecule has 39 heavy (non-hydrogen) atoms. The molecular formula is C32H48N4O3. The van der Waals surface area contributed by atoms with Crippen molar-refractivity contribution in [3.8, 4) is 0 Å². The molecule has 4 aliphatic carbocycles. The number of nitrogens with one attached hydrogen (secondary N) is 1. The molecule has 2 N–H and O–H groups in total. The Hall–Kier alpha value is -2.15. The maximum Gasteiger partial charge on any atom is 0.252 e. The van der Waals surface area contributed by atoms with Gasteiger partial charge in [0.25, 0.3) is 5.56 Å². The van der Waals surface area contributed by atoms with E-state index in [0.29, 0.717) is 48.0 Å². The van der Waals surface area contributed by atoms with Gasteiger partial charge in [-0.05, 0) is 98.2 Å². The molecule has 1 aromatic heterocycles. The summed E-state index contributed by atoms with van der Waals surface area (Å²) in [5.74, 6) is 4.62. The average molecular weight is 537 g/mol. The van der Waals surface area contributed by atoms with Gasteiger partial charge in [-0.1, -0.05) is 32.4 Å². The van der Waals surface area contributed by atoms with Crippen molar-refractivity contribution < 1.29 is 9.90 Å². The summed E-state index contributed by atoms with van der Waals surface area (Å²) in [7, 11) is 0. The van der Waals surface area contributed by atoms with Crippen LogP contribution >= 0.6 is 0 Å². The molecule has 1 aliphatic heterocycles. The molecule has 0 radical (unpaired) electrons. The topological polar surface area (TPSA) is 89.5 Å². The van der Waals surface area contributed by atoms with Gasteiger partial charge in [-0.2, -0.15) is 0 Å². The highest BCUT2D eigenvalue weighted by Gasteiger charge is 2.59. The van der Waals surface area contributed by atoms with E-state index in [1.54, 1.807) is 5.57 Å². The molecule has 1 unspecified atom stereocenters. The van der Waals surface area contributed by atoms with Crippen LogP contribution in [0.4, 0.5) is 5.82 Å². The Bertz CT molecular complexity index is 1160. The summed E-state index contributed by atoms with van der Waals surface area (Å²) in [6.07, 6.45) is 15.0. The molecular weight excluding hydrogens is 488 g/mol. The number of fused-ring (bicyclic) bond motifs is 5. The maximum absolute atomic E-state index is 13.2. The fraction of sp³-hybridized carbons (Fsp3) is 0.781. The molecule has 4 fully saturated rings. The lowest BCUT2D eigenvalue weighted by Gasteiger charge is -2.58. The first-order valence-corrected chi connectivity index (χ1v) is 15.6. The summed E-state index contributed by atoms with van der Waals surface area (Å²) >= 11 is 0. The van der Waals surface area contributed by atoms with Gasteiger partial charge in [-0.15, -0.1) is 0 Å². The van der Waals surface area contributed by atoms with Crippen LogP contribution in [-0.4, -0.2) is 58.2 Å². The van der Waals surface area contributed by atoms with Gasteiger partial charge in [0.05, 0.1) is 12.4 Å². The number of hydrogen-bond donors (Lipinski definition) is 2. The van der Waals surface area contributed by atoms with E-state index in [1.165, 1.54) is 44.5 Å². The van der Waals surface area contributed by atoms with E-state index in [-0.39, 0.29) is 17.6 Å². The smallest absolute Gasteiger partial charge is 0.252 e. The van der Waals surface area contributed by atoms with Crippen molar-refractivity contribution in [1.82, 2.24) is 14.9 Å². The Morgan fingerprint density at radius 1 is 1.13 bits per heavy atom. The van der Waals surface area contributed by atoms with Crippen molar-refractivity contribution in [2.75, 3.05) is 31.1 Å². The van der Waals surface area contributed by atoms with E-state index in [4.69, 9.17) is 0 Å². The van der Waals surface area contributed by atoms with Crippen LogP contribution in [-0.2, 0) is 4.79 Å². The van der Waals surface area contributed by atoms with Crippen LogP contribution in [0, 0.1) is 40.4 Å². The van der Waals surface area contributed by atoms with E-state index in [1.807, 2.05) is 4.90 Å². The SMILES string of the molecule is C[C@H](CCC(=O)N1CCN(c2cc(=O)[nH]cn2)CC1)[C@H]1CC[C@H]2C3CC=C4C[C@@H](O)CC[C@]4(C)[C@H]3CC[C@]12C. The maximum atomic E-state index is 13.2. The number of carbonyl (C=O) groups is 1. The molecule has 7 nitrogen and oxygen atoms in total. The van der Waals surface area contributed by atoms with Crippen molar-refractivity contribution in [3.63, 3.8) is 0 Å². The number of hydrogen-bond acceptors (Lipinski definition) is 5. The first-order valence-electron chi connectivity index (χ1n) is 15.6. The number of allylic oxidation sites excluding steroid dienone is 1. The minimum atomic E-state index is -0.142. The first kappa shape index (κ1) is 27.0. The van der Waals surface area contributed by atoms with Gasteiger partial charge in [0, 0.05) is 38.7 Å². The van der Waals surface area contributed by atoms with Crippen molar-refractivity contribution in [3.05, 3.63) is 34.4 Å². The number of piperazine rings is 1. The zero-order chi connectivity index (χ0) is 27.4. The molecule has 6 rings (SSSR count). The van der Waals surface area contributed by atoms with E-state index >= 15 is 0 Å². The van der Waals surface area contributed by atoms with Crippen LogP contribution in [0.15, 0.2) is 28.8 Å². The number of rotatable bonds is 5. The van der Waals surface area contributed by atoms with E-state index < -0.39 is 0 Å². The van der Waals surface area contributed by atoms with Gasteiger partial charge in [-0.3, -0.25) is 9.59 Å². The lowest BCUT2D eigenvalue weighted by Crippen LogP contribution is -2.51. The summed E-state index contributed by atoms with van der Waals surface area (Å²) in [5, 5.41) is 10.3. The Morgan fingerprint density at radius 2 is 1.92 bits per heavy atom. The van der Waals surface area contributed by atoms with E-state index in [2.05, 4.69) is 41.7 Å². The molecule has 3 saturated carbocycles. The molecule has 0 spiro atoms. The van der Waals surface area contributed by atoms with Gasteiger partial charge in [0.1, 0.15) is 5.82 Å². The van der Waals surface area contributed by atoms with Crippen LogP contribution in [0.25, 0.3) is 0 Å². The van der Waals surface area contributed by atoms with Crippen LogP contribution in [0.5, 0.6) is 0 Å². The highest BCUT2D eigenvalue weighted by molar-refractivity contribution is 5.76. The number of aromatic amines is 1. The van der Waals surface area contributed by atoms with Crippen molar-refractivity contribution in [1.29, 1.82) is 0 Å². The normalized spacial score (nSPS) is 38.9. The van der Waals surface area contributed by atoms with Gasteiger partial charge in [0.15, 0.2) is 0 Å². The van der Waals surface area contributed by atoms with Gasteiger partial charge >= 0.3 is 0 Å². The molecule has 8 atom stereocenters. The second kappa shape index (κ2) is 10.4. The zero-order valence-electron chi connectivity index (χ0n) is 24.2. The number of nitrogens with zero attached hydrogens (tertiary/aromatic N) is 3. The standard InChI is InChI=1S/C32H48N4O3/c1-21(4-9-30(39)36-16-14-35(15-17-36)28-19-29(38)34-20-33-28)25-7-8-26-24-6-5-22-18-23(37)10-12-31(22,2)27(24)11-13-32(25,26)3/h5,19-21,23-27,37H,4,6-18H2,1-3H3,(H,33,34,38)/t21-,23+,24?,25-,26+,27+,31+,32-/m1/s1. The first-order chi connectivity index (χ1) is 18.7. The van der Waals surface area contributed by atoms with Crippen molar-refractivity contribution in [2.45, 2.75) is 91.1 Å². The average Bonchev–Trinajstić information content (AvgIpc) is 3.29. The Morgan fingerprint density at radius 3 is 2.69 bits per heavy atom. The fourth-order valence-corrected chi connectivity index (χ4v) is 10.0. The number of aliphatic hydroxyl groups is 1. The third-order valence-corrected chi connectivity index (χ3v) is 12.3. The van der Waals surface area contributed by atoms with Crippen molar-refractivity contribution in [2.24, 2.45) is 40.4 Å². The van der Waals surface area contributed by atoms with E-state index in [9.17, 15) is 14.7 Å². The lowest BCUT2D eigenvalue weighted by atomic mass is 9.47. The fourth-order valence-electron chi connectivity index (χ4n) is 10.0. The summed E-state index contributed by atoms with van der Waals surface area (Å²) in [6.45, 7) is 10.3. The molecule has 1 aromatic rings. The minimum Gasteiger partial charge on any atom is -0.393 e. The predicted molar refractivity (Wildman–Crippen MR) is 153 cm³/mol. The monoisotopic (exact) mass is 536 g/mol. The quantitative estimate of drug-likeness (QED) is 0.529. The summed E-state index contributed by atoms with van der Waals surface area (Å²) in [4.78, 5) is 35.7. The van der Waals surface area contributed by atoms with Crippen LogP contribution < -0.4 is 10.5 Å². The number of aliphatic hydroxyl groups excluding tert-OH is 1. The molecule has 1 saturated heterocycles. The Balaban J connectivity index is 1.04. The van der Waals surface area contributed by atoms with Crippen LogP contribution in [0.2, 0.25) is 0 Å². The summed E-state index contributed by atoms with van der Waals surface area (Å²) < 4.78 is 0. The van der Waals surface area contributed by atoms with Crippen LogP contribution in [0.3, 0.4) is 0 Å². The number of amides is 1. The highest BCUT2D eigenvalue weighted by Crippen LogP contribution is 2.67. The molecule has 0 aromatic carbocycles. The predicted octanol–water partition coefficient (Wildman–Crippen LogP) is 4.77. The molecule has 1 amide bonds. The highest BCUT2D eigenvalue weighted by atomic mass is 16.3. The summed E-state index contributed by atoms with van der Waals surface area (Å²) in [5.41, 5.74) is 2.11. The Kier molecular flexibility index (Phi) is 7.18. The summed E-state index contributed by atoms with van der Waals surface area (Å²) in [6, 6.07) is 1.53. The van der Waals surface area contributed by atoms with Crippen LogP contribution in [0.1, 0.15) is 85.0 Å². The third-order valence-electron chi connectivity index (χ3n) is 12.3. The second-order valence-electron chi connectivity index (χ2n) is 14.0. The van der Waals surface area contributed by atoms with Gasteiger partial charge in [0.2, 0.25) is 5.91 Å². The Labute approximate surface area is 233 Å². The molecule has 5 aliphatic rings. The lowest BCUT2D eigenvalue weighted by molar-refractivity contribution is -0.132. The number of H-pyrrole nitrogens is 1. The largest absolute Gasteiger partial charge is 0.393 e. The molecule has 214 valence electrons. The third kappa shape index (κ3) is 4.76. The second-order valence-corrected chi connectivity index (χ2v) is 14.0. The van der Waals surface area contributed by atoms with Crippen molar-refractivity contribution >= 4 is 11.7 Å². The number of aromatic nitrogens is 2.